The van der Waals surface area contributed by atoms with Crippen molar-refractivity contribution in [2.45, 2.75) is 211 Å². The van der Waals surface area contributed by atoms with Crippen molar-refractivity contribution in [3.05, 3.63) is 38.0 Å². The molecule has 0 heterocycles. The highest BCUT2D eigenvalue weighted by atomic mass is 16.6. The maximum absolute atomic E-state index is 12.9. The van der Waals surface area contributed by atoms with Gasteiger partial charge in [0.15, 0.2) is 0 Å². The molecule has 3 fully saturated rings. The molecule has 3 aliphatic rings. The lowest BCUT2D eigenvalue weighted by Crippen LogP contribution is -2.54. The Morgan fingerprint density at radius 2 is 1.04 bits per heavy atom. The number of aliphatic hydroxyl groups excluding tert-OH is 3. The second kappa shape index (κ2) is 44.0. The van der Waals surface area contributed by atoms with Gasteiger partial charge < -0.3 is 79.2 Å². The summed E-state index contributed by atoms with van der Waals surface area (Å²) in [4.78, 5) is 111. The molecule has 27 heteroatoms. The van der Waals surface area contributed by atoms with Crippen LogP contribution in [0.3, 0.4) is 0 Å². The van der Waals surface area contributed by atoms with Crippen LogP contribution in [0.1, 0.15) is 162 Å². The molecule has 0 saturated heterocycles. The zero-order valence-electron chi connectivity index (χ0n) is 56.4. The number of carbonyl (C=O) groups is 7. The summed E-state index contributed by atoms with van der Waals surface area (Å²) in [7, 11) is 0. The second-order valence-corrected chi connectivity index (χ2v) is 27.0. The van der Waals surface area contributed by atoms with Crippen LogP contribution in [0.4, 0.5) is 19.2 Å². The number of nitrogens with one attached hydrogen (secondary N) is 4. The number of aliphatic hydroxyl groups is 3. The second-order valence-electron chi connectivity index (χ2n) is 27.0. The molecule has 3 rings (SSSR count). The molecule has 528 valence electrons. The van der Waals surface area contributed by atoms with Crippen LogP contribution in [0.15, 0.2) is 47.9 Å². The Balaban J connectivity index is 0. The molecule has 11 atom stereocenters. The Bertz CT molecular complexity index is 2390. The number of isocyanates is 2. The lowest BCUT2D eigenvalue weighted by atomic mass is 9.60. The molecule has 7 N–H and O–H groups in total. The zero-order valence-corrected chi connectivity index (χ0v) is 56.4. The van der Waals surface area contributed by atoms with Crippen LogP contribution in [0.2, 0.25) is 0 Å². The smallest absolute Gasteiger partial charge is 0.407 e. The van der Waals surface area contributed by atoms with Crippen molar-refractivity contribution in [1.82, 2.24) is 21.3 Å². The summed E-state index contributed by atoms with van der Waals surface area (Å²) < 4.78 is 46.1. The quantitative estimate of drug-likeness (QED) is 0.00892. The third kappa shape index (κ3) is 40.3. The highest BCUT2D eigenvalue weighted by Crippen LogP contribution is 2.49. The minimum atomic E-state index is -0.628. The number of hydrogen-bond acceptors (Lipinski definition) is 23. The van der Waals surface area contributed by atoms with Crippen LogP contribution >= 0.6 is 0 Å². The molecule has 27 nitrogen and oxygen atoms in total. The van der Waals surface area contributed by atoms with Gasteiger partial charge in [0.2, 0.25) is 12.2 Å². The zero-order chi connectivity index (χ0) is 69.7. The first-order valence-electron chi connectivity index (χ1n) is 30.7. The van der Waals surface area contributed by atoms with Gasteiger partial charge in [-0.3, -0.25) is 0 Å². The first-order chi connectivity index (χ1) is 42.3. The van der Waals surface area contributed by atoms with Crippen molar-refractivity contribution < 1.29 is 101 Å². The van der Waals surface area contributed by atoms with Gasteiger partial charge in [-0.25, -0.2) is 53.1 Å². The topological polar surface area (TPSA) is 370 Å². The van der Waals surface area contributed by atoms with E-state index in [1.807, 2.05) is 13.8 Å². The SMILES string of the molecule is C.C=CC(=O)OCCO.C=CC(=O)OCCOC(=O)NC1CC(C)(C)CC(C)(CNC(=O)OCC(C)OCC(C)OC(=O)NC2CC(C)(C)CC(C)(C(C)NC(=O)OCCOC(=O)C=C)C2)C1.CC(O)COC(C)CO.CC1(C)CC(N=C=O)CC(C)(CN=C=O)C1. The van der Waals surface area contributed by atoms with Gasteiger partial charge in [-0.2, -0.15) is 0 Å². The molecular weight excluding hydrogens is 1200 g/mol. The lowest BCUT2D eigenvalue weighted by Gasteiger charge is -2.49. The number of ether oxygens (including phenoxy) is 9. The van der Waals surface area contributed by atoms with E-state index in [4.69, 9.17) is 53.2 Å². The number of esters is 3. The maximum Gasteiger partial charge on any atom is 0.407 e. The van der Waals surface area contributed by atoms with Gasteiger partial charge in [-0.15, -0.1) is 0 Å². The summed E-state index contributed by atoms with van der Waals surface area (Å²) in [5, 5.41) is 36.8. The molecule has 4 amide bonds. The monoisotopic (exact) mass is 1310 g/mol. The molecular formula is C65H112N6O21. The molecule has 11 unspecified atom stereocenters. The van der Waals surface area contributed by atoms with E-state index >= 15 is 0 Å². The number of alkyl carbamates (subject to hydrolysis) is 4. The summed E-state index contributed by atoms with van der Waals surface area (Å²) in [6.45, 7) is 38.2. The van der Waals surface area contributed by atoms with Crippen LogP contribution in [0, 0.1) is 32.5 Å². The predicted molar refractivity (Wildman–Crippen MR) is 343 cm³/mol. The highest BCUT2D eigenvalue weighted by Gasteiger charge is 2.46. The molecule has 0 radical (unpaired) electrons. The van der Waals surface area contributed by atoms with E-state index in [9.17, 15) is 43.2 Å². The molecule has 0 aromatic carbocycles. The van der Waals surface area contributed by atoms with Crippen LogP contribution in [-0.4, -0.2) is 198 Å². The largest absolute Gasteiger partial charge is 0.460 e. The standard InChI is InChI=1S/C41H68N4O13.C12H18N2O2.C6H14O3.C5H8O3.CH4/c1-12-32(46)52-14-16-54-35(49)43-29(5)41(11)21-31(19-39(8,9)25-41)45-37(51)58-28(4)23-56-27(3)22-57-34(48)42-26-40(10)20-30(18-38(6,7)24-40)44-36(50)55-17-15-53-33(47)13-2;1-11(2)4-10(14-9-16)5-12(3,6-11)7-13-8-15;1-5(8)4-9-6(2)3-7;1-2-5(7)8-4-3-6;/h12-13,27-31H,1-2,14-26H2,3-11H3,(H,42,48)(H,43,49)(H,44,50)(H,45,51);10H,4-7H2,1-3H3;5-8H,3-4H2,1-2H3;2,6H,1,3-4H2;1H4. The molecule has 0 bridgehead atoms. The van der Waals surface area contributed by atoms with E-state index < -0.39 is 60.6 Å². The van der Waals surface area contributed by atoms with Crippen molar-refractivity contribution >= 4 is 54.4 Å². The third-order valence-corrected chi connectivity index (χ3v) is 14.9. The normalized spacial score (nSPS) is 23.7. The Morgan fingerprint density at radius 3 is 1.57 bits per heavy atom. The van der Waals surface area contributed by atoms with Gasteiger partial charge in [0, 0.05) is 42.9 Å². The number of carbonyl (C=O) groups excluding carboxylic acids is 9. The average molecular weight is 1310 g/mol. The van der Waals surface area contributed by atoms with Gasteiger partial charge in [0.25, 0.3) is 0 Å². The van der Waals surface area contributed by atoms with E-state index in [2.05, 4.69) is 111 Å². The minimum absolute atomic E-state index is 0. The van der Waals surface area contributed by atoms with E-state index in [1.54, 1.807) is 39.9 Å². The van der Waals surface area contributed by atoms with Gasteiger partial charge in [-0.05, 0) is 125 Å². The van der Waals surface area contributed by atoms with Gasteiger partial charge in [0.1, 0.15) is 45.7 Å². The summed E-state index contributed by atoms with van der Waals surface area (Å²) in [5.41, 5.74) is -0.929. The molecule has 0 spiro atoms. The average Bonchev–Trinajstić information content (AvgIpc) is 0.811. The Labute approximate surface area is 545 Å². The van der Waals surface area contributed by atoms with Crippen LogP contribution in [-0.2, 0) is 66.6 Å². The van der Waals surface area contributed by atoms with E-state index in [-0.39, 0.29) is 130 Å². The van der Waals surface area contributed by atoms with Crippen molar-refractivity contribution in [1.29, 1.82) is 0 Å². The Hall–Kier alpha value is -6.73. The van der Waals surface area contributed by atoms with E-state index in [1.165, 1.54) is 0 Å². The first kappa shape index (κ1) is 87.3. The fourth-order valence-electron chi connectivity index (χ4n) is 12.1. The summed E-state index contributed by atoms with van der Waals surface area (Å²) in [5.74, 6) is -1.69. The Kier molecular flexibility index (Phi) is 41.7. The van der Waals surface area contributed by atoms with Gasteiger partial charge in [0.05, 0.1) is 57.3 Å². The van der Waals surface area contributed by atoms with Crippen molar-refractivity contribution in [3.63, 3.8) is 0 Å². The number of aliphatic imine (C=N–C) groups is 2. The Morgan fingerprint density at radius 1 is 0.554 bits per heavy atom. The third-order valence-electron chi connectivity index (χ3n) is 14.9. The van der Waals surface area contributed by atoms with Gasteiger partial charge in [-0.1, -0.05) is 89.5 Å². The van der Waals surface area contributed by atoms with E-state index in [0.717, 1.165) is 56.8 Å². The fraction of sp³-hybridized carbons (Fsp3) is 0.769. The summed E-state index contributed by atoms with van der Waals surface area (Å²) in [6.07, 6.45) is 9.12. The minimum Gasteiger partial charge on any atom is -0.460 e. The number of nitrogens with zero attached hydrogens (tertiary/aromatic N) is 2. The van der Waals surface area contributed by atoms with Crippen LogP contribution in [0.5, 0.6) is 0 Å². The first-order valence-corrected chi connectivity index (χ1v) is 30.7. The number of rotatable bonds is 30. The maximum atomic E-state index is 12.9. The molecule has 0 aromatic heterocycles. The lowest BCUT2D eigenvalue weighted by molar-refractivity contribution is -0.139. The van der Waals surface area contributed by atoms with E-state index in [0.29, 0.717) is 39.0 Å². The van der Waals surface area contributed by atoms with Crippen LogP contribution < -0.4 is 21.3 Å². The fourth-order valence-corrected chi connectivity index (χ4v) is 12.1. The molecule has 0 aliphatic heterocycles. The van der Waals surface area contributed by atoms with Crippen molar-refractivity contribution in [2.75, 3.05) is 79.2 Å². The highest BCUT2D eigenvalue weighted by molar-refractivity contribution is 5.82. The summed E-state index contributed by atoms with van der Waals surface area (Å²) >= 11 is 0. The number of hydrogen-bond donors (Lipinski definition) is 7. The van der Waals surface area contributed by atoms with Crippen molar-refractivity contribution in [3.8, 4) is 0 Å². The molecule has 0 aromatic rings. The summed E-state index contributed by atoms with van der Waals surface area (Å²) in [6, 6.07) is -0.693. The molecule has 3 saturated carbocycles. The predicted octanol–water partition coefficient (Wildman–Crippen LogP) is 8.05. The number of amides is 4. The van der Waals surface area contributed by atoms with Crippen molar-refractivity contribution in [2.24, 2.45) is 42.5 Å². The molecule has 92 heavy (non-hydrogen) atoms. The van der Waals surface area contributed by atoms with Crippen LogP contribution in [0.25, 0.3) is 0 Å². The van der Waals surface area contributed by atoms with Gasteiger partial charge >= 0.3 is 42.3 Å². The molecule has 3 aliphatic carbocycles.